The van der Waals surface area contributed by atoms with Crippen LogP contribution in [0.3, 0.4) is 0 Å². The van der Waals surface area contributed by atoms with Crippen molar-refractivity contribution in [1.82, 2.24) is 0 Å². The predicted octanol–water partition coefficient (Wildman–Crippen LogP) is 0.0482. The van der Waals surface area contributed by atoms with Gasteiger partial charge in [-0.15, -0.1) is 6.58 Å². The van der Waals surface area contributed by atoms with Crippen LogP contribution in [0, 0.1) is 0 Å². The zero-order valence-electron chi connectivity index (χ0n) is 4.75. The molecule has 0 rings (SSSR count). The smallest absolute Gasteiger partial charge is 0.0613 e. The molecule has 0 saturated carbocycles. The van der Waals surface area contributed by atoms with Gasteiger partial charge in [-0.25, -0.2) is 0 Å². The van der Waals surface area contributed by atoms with Crippen LogP contribution in [-0.4, -0.2) is 17.8 Å². The van der Waals surface area contributed by atoms with Crippen molar-refractivity contribution < 1.29 is 5.11 Å². The molecule has 0 heterocycles. The van der Waals surface area contributed by atoms with Crippen LogP contribution in [0.25, 0.3) is 0 Å². The van der Waals surface area contributed by atoms with Crippen LogP contribution >= 0.6 is 0 Å². The van der Waals surface area contributed by atoms with Crippen LogP contribution in [0.1, 0.15) is 0 Å². The van der Waals surface area contributed by atoms with Gasteiger partial charge in [-0.05, 0) is 0 Å². The summed E-state index contributed by atoms with van der Waals surface area (Å²) in [6, 6.07) is -0.123. The molecule has 0 aromatic rings. The highest BCUT2D eigenvalue weighted by Crippen LogP contribution is 1.80. The summed E-state index contributed by atoms with van der Waals surface area (Å²) in [5.74, 6) is 0. The van der Waals surface area contributed by atoms with Gasteiger partial charge in [-0.2, -0.15) is 0 Å². The largest absolute Gasteiger partial charge is 0.392 e. The fourth-order valence-electron chi connectivity index (χ4n) is 0.297. The molecule has 0 aliphatic heterocycles. The molecule has 46 valence electrons. The Labute approximate surface area is 49.3 Å². The SMILES string of the molecule is C=CC(N)/C=C/CO. The van der Waals surface area contributed by atoms with Gasteiger partial charge in [0, 0.05) is 6.04 Å². The number of rotatable bonds is 3. The molecular weight excluding hydrogens is 102 g/mol. The van der Waals surface area contributed by atoms with E-state index in [9.17, 15) is 0 Å². The van der Waals surface area contributed by atoms with Crippen molar-refractivity contribution in [3.05, 3.63) is 24.8 Å². The minimum atomic E-state index is -0.123. The minimum Gasteiger partial charge on any atom is -0.392 e. The predicted molar refractivity (Wildman–Crippen MR) is 34.4 cm³/mol. The summed E-state index contributed by atoms with van der Waals surface area (Å²) in [6.45, 7) is 3.50. The van der Waals surface area contributed by atoms with E-state index in [4.69, 9.17) is 10.8 Å². The number of nitrogens with two attached hydrogens (primary N) is 1. The van der Waals surface area contributed by atoms with Crippen molar-refractivity contribution in [3.63, 3.8) is 0 Å². The van der Waals surface area contributed by atoms with Gasteiger partial charge < -0.3 is 10.8 Å². The van der Waals surface area contributed by atoms with Crippen LogP contribution in [0.2, 0.25) is 0 Å². The van der Waals surface area contributed by atoms with Crippen molar-refractivity contribution >= 4 is 0 Å². The van der Waals surface area contributed by atoms with E-state index >= 15 is 0 Å². The van der Waals surface area contributed by atoms with E-state index in [2.05, 4.69) is 6.58 Å². The molecule has 8 heavy (non-hydrogen) atoms. The fraction of sp³-hybridized carbons (Fsp3) is 0.333. The molecule has 1 atom stereocenters. The second-order valence-corrected chi connectivity index (χ2v) is 1.42. The average molecular weight is 113 g/mol. The van der Waals surface area contributed by atoms with Gasteiger partial charge in [0.05, 0.1) is 6.61 Å². The Morgan fingerprint density at radius 2 is 2.38 bits per heavy atom. The first-order chi connectivity index (χ1) is 3.81. The molecule has 0 amide bonds. The molecule has 2 heteroatoms. The normalized spacial score (nSPS) is 14.2. The van der Waals surface area contributed by atoms with Crippen LogP contribution in [0.5, 0.6) is 0 Å². The number of hydrogen-bond acceptors (Lipinski definition) is 2. The van der Waals surface area contributed by atoms with Gasteiger partial charge in [-0.3, -0.25) is 0 Å². The summed E-state index contributed by atoms with van der Waals surface area (Å²) in [5.41, 5.74) is 5.34. The van der Waals surface area contributed by atoms with Gasteiger partial charge in [0.1, 0.15) is 0 Å². The Bertz CT molecular complexity index is 88.5. The summed E-state index contributed by atoms with van der Waals surface area (Å²) < 4.78 is 0. The molecule has 0 fully saturated rings. The van der Waals surface area contributed by atoms with E-state index in [1.807, 2.05) is 0 Å². The minimum absolute atomic E-state index is 0.0432. The third-order valence-corrected chi connectivity index (χ3v) is 0.736. The fourth-order valence-corrected chi connectivity index (χ4v) is 0.297. The maximum atomic E-state index is 8.23. The van der Waals surface area contributed by atoms with Gasteiger partial charge in [0.2, 0.25) is 0 Å². The van der Waals surface area contributed by atoms with Gasteiger partial charge in [0.25, 0.3) is 0 Å². The van der Waals surface area contributed by atoms with E-state index in [0.29, 0.717) is 0 Å². The number of hydrogen-bond donors (Lipinski definition) is 2. The van der Waals surface area contributed by atoms with Crippen molar-refractivity contribution in [2.45, 2.75) is 6.04 Å². The highest BCUT2D eigenvalue weighted by Gasteiger charge is 1.82. The standard InChI is InChI=1S/C6H11NO/c1-2-6(7)4-3-5-8/h2-4,6,8H,1,5,7H2/b4-3+. The lowest BCUT2D eigenvalue weighted by Gasteiger charge is -1.92. The zero-order valence-corrected chi connectivity index (χ0v) is 4.75. The third kappa shape index (κ3) is 3.59. The molecule has 0 saturated heterocycles. The second-order valence-electron chi connectivity index (χ2n) is 1.42. The van der Waals surface area contributed by atoms with E-state index in [1.165, 1.54) is 0 Å². The highest BCUT2D eigenvalue weighted by atomic mass is 16.2. The van der Waals surface area contributed by atoms with Crippen molar-refractivity contribution in [3.8, 4) is 0 Å². The lowest BCUT2D eigenvalue weighted by atomic mass is 10.3. The molecule has 0 aromatic carbocycles. The Morgan fingerprint density at radius 3 is 2.75 bits per heavy atom. The lowest BCUT2D eigenvalue weighted by Crippen LogP contribution is -2.12. The Hall–Kier alpha value is -0.600. The summed E-state index contributed by atoms with van der Waals surface area (Å²) in [7, 11) is 0. The summed E-state index contributed by atoms with van der Waals surface area (Å²) in [6.07, 6.45) is 4.88. The molecule has 0 spiro atoms. The van der Waals surface area contributed by atoms with E-state index < -0.39 is 0 Å². The van der Waals surface area contributed by atoms with Crippen LogP contribution in [0.4, 0.5) is 0 Å². The highest BCUT2D eigenvalue weighted by molar-refractivity contribution is 5.00. The van der Waals surface area contributed by atoms with E-state index in [0.717, 1.165) is 0 Å². The maximum Gasteiger partial charge on any atom is 0.0613 e. The van der Waals surface area contributed by atoms with Crippen LogP contribution in [-0.2, 0) is 0 Å². The van der Waals surface area contributed by atoms with Crippen LogP contribution < -0.4 is 5.73 Å². The van der Waals surface area contributed by atoms with Crippen LogP contribution in [0.15, 0.2) is 24.8 Å². The molecule has 3 N–H and O–H groups in total. The Kier molecular flexibility index (Phi) is 4.21. The molecule has 2 nitrogen and oxygen atoms in total. The monoisotopic (exact) mass is 113 g/mol. The quantitative estimate of drug-likeness (QED) is 0.508. The average Bonchev–Trinajstić information content (AvgIpc) is 1.83. The lowest BCUT2D eigenvalue weighted by molar-refractivity contribution is 0.342. The topological polar surface area (TPSA) is 46.2 Å². The van der Waals surface area contributed by atoms with Gasteiger partial charge in [-0.1, -0.05) is 18.2 Å². The summed E-state index contributed by atoms with van der Waals surface area (Å²) in [4.78, 5) is 0. The first-order valence-corrected chi connectivity index (χ1v) is 2.47. The first-order valence-electron chi connectivity index (χ1n) is 2.47. The molecule has 1 unspecified atom stereocenters. The number of aliphatic hydroxyl groups excluding tert-OH is 1. The van der Waals surface area contributed by atoms with Crippen molar-refractivity contribution in [2.75, 3.05) is 6.61 Å². The molecule has 0 aromatic heterocycles. The molecule has 0 aliphatic rings. The Morgan fingerprint density at radius 1 is 1.75 bits per heavy atom. The van der Waals surface area contributed by atoms with Gasteiger partial charge >= 0.3 is 0 Å². The van der Waals surface area contributed by atoms with Gasteiger partial charge in [0.15, 0.2) is 0 Å². The molecule has 0 aliphatic carbocycles. The zero-order chi connectivity index (χ0) is 6.41. The van der Waals surface area contributed by atoms with Crippen molar-refractivity contribution in [2.24, 2.45) is 5.73 Å². The molecule has 0 bridgehead atoms. The second kappa shape index (κ2) is 4.56. The van der Waals surface area contributed by atoms with E-state index in [1.54, 1.807) is 18.2 Å². The molecule has 0 radical (unpaired) electrons. The maximum absolute atomic E-state index is 8.23. The molecular formula is C6H11NO. The first kappa shape index (κ1) is 7.40. The van der Waals surface area contributed by atoms with Crippen molar-refractivity contribution in [1.29, 1.82) is 0 Å². The summed E-state index contributed by atoms with van der Waals surface area (Å²) >= 11 is 0. The third-order valence-electron chi connectivity index (χ3n) is 0.736. The van der Waals surface area contributed by atoms with E-state index in [-0.39, 0.29) is 12.6 Å². The number of aliphatic hydroxyl groups is 1. The Balaban J connectivity index is 3.35. The summed E-state index contributed by atoms with van der Waals surface area (Å²) in [5, 5.41) is 8.23.